The Bertz CT molecular complexity index is 414. The van der Waals surface area contributed by atoms with Gasteiger partial charge < -0.3 is 15.7 Å². The van der Waals surface area contributed by atoms with Gasteiger partial charge in [-0.1, -0.05) is 18.9 Å². The van der Waals surface area contributed by atoms with E-state index in [2.05, 4.69) is 4.98 Å². The maximum Gasteiger partial charge on any atom is 0.133 e. The zero-order valence-electron chi connectivity index (χ0n) is 11.3. The Labute approximate surface area is 109 Å². The van der Waals surface area contributed by atoms with Crippen molar-refractivity contribution in [2.24, 2.45) is 5.73 Å². The zero-order valence-corrected chi connectivity index (χ0v) is 11.3. The molecule has 1 saturated carbocycles. The van der Waals surface area contributed by atoms with Crippen LogP contribution in [0.1, 0.15) is 36.9 Å². The molecule has 0 spiro atoms. The number of hydrogen-bond donors (Lipinski definition) is 2. The Balaban J connectivity index is 2.17. The van der Waals surface area contributed by atoms with Gasteiger partial charge in [-0.25, -0.2) is 4.98 Å². The molecule has 4 heteroatoms. The van der Waals surface area contributed by atoms with Gasteiger partial charge in [-0.15, -0.1) is 0 Å². The molecule has 1 aromatic heterocycles. The van der Waals surface area contributed by atoms with Crippen molar-refractivity contribution < 1.29 is 5.11 Å². The van der Waals surface area contributed by atoms with Gasteiger partial charge in [0.1, 0.15) is 5.82 Å². The standard InChI is InChI=1S/C14H23N3O/c1-11-5-6-12(9-15)13(16-11)17(2)10-14(18)7-3-4-8-14/h5-6,18H,3-4,7-10,15H2,1-2H3. The molecule has 18 heavy (non-hydrogen) atoms. The van der Waals surface area contributed by atoms with Crippen molar-refractivity contribution in [2.75, 3.05) is 18.5 Å². The molecule has 0 bridgehead atoms. The number of hydrogen-bond acceptors (Lipinski definition) is 4. The van der Waals surface area contributed by atoms with E-state index in [0.29, 0.717) is 13.1 Å². The summed E-state index contributed by atoms with van der Waals surface area (Å²) >= 11 is 0. The smallest absolute Gasteiger partial charge is 0.133 e. The lowest BCUT2D eigenvalue weighted by atomic mass is 10.0. The first kappa shape index (κ1) is 13.3. The maximum absolute atomic E-state index is 10.5. The third kappa shape index (κ3) is 2.82. The van der Waals surface area contributed by atoms with Gasteiger partial charge in [0, 0.05) is 31.4 Å². The number of aryl methyl sites for hydroxylation is 1. The Hall–Kier alpha value is -1.13. The highest BCUT2D eigenvalue weighted by Crippen LogP contribution is 2.31. The zero-order chi connectivity index (χ0) is 13.2. The van der Waals surface area contributed by atoms with E-state index in [-0.39, 0.29) is 0 Å². The third-order valence-corrected chi connectivity index (χ3v) is 3.74. The van der Waals surface area contributed by atoms with Gasteiger partial charge in [-0.3, -0.25) is 0 Å². The fourth-order valence-corrected chi connectivity index (χ4v) is 2.77. The van der Waals surface area contributed by atoms with Crippen molar-refractivity contribution in [3.8, 4) is 0 Å². The number of anilines is 1. The Morgan fingerprint density at radius 1 is 1.39 bits per heavy atom. The fourth-order valence-electron chi connectivity index (χ4n) is 2.77. The molecule has 0 radical (unpaired) electrons. The van der Waals surface area contributed by atoms with Crippen LogP contribution in [0.25, 0.3) is 0 Å². The Morgan fingerprint density at radius 2 is 2.06 bits per heavy atom. The summed E-state index contributed by atoms with van der Waals surface area (Å²) in [5.41, 5.74) is 7.21. The minimum Gasteiger partial charge on any atom is -0.388 e. The van der Waals surface area contributed by atoms with Crippen LogP contribution >= 0.6 is 0 Å². The van der Waals surface area contributed by atoms with Crippen molar-refractivity contribution >= 4 is 5.82 Å². The lowest BCUT2D eigenvalue weighted by molar-refractivity contribution is 0.0557. The van der Waals surface area contributed by atoms with Gasteiger partial charge in [-0.05, 0) is 25.8 Å². The number of likely N-dealkylation sites (N-methyl/N-ethyl adjacent to an activating group) is 1. The molecule has 0 aliphatic heterocycles. The second kappa shape index (κ2) is 5.24. The number of pyridine rings is 1. The van der Waals surface area contributed by atoms with Crippen molar-refractivity contribution in [1.82, 2.24) is 4.98 Å². The lowest BCUT2D eigenvalue weighted by Gasteiger charge is -2.30. The molecule has 1 aliphatic carbocycles. The molecule has 0 unspecified atom stereocenters. The van der Waals surface area contributed by atoms with Gasteiger partial charge in [0.05, 0.1) is 5.60 Å². The van der Waals surface area contributed by atoms with Crippen LogP contribution in [0.5, 0.6) is 0 Å². The summed E-state index contributed by atoms with van der Waals surface area (Å²) in [4.78, 5) is 6.59. The van der Waals surface area contributed by atoms with Crippen LogP contribution in [-0.2, 0) is 6.54 Å². The number of aromatic nitrogens is 1. The highest BCUT2D eigenvalue weighted by atomic mass is 16.3. The van der Waals surface area contributed by atoms with Gasteiger partial charge in [0.2, 0.25) is 0 Å². The molecule has 4 nitrogen and oxygen atoms in total. The SMILES string of the molecule is Cc1ccc(CN)c(N(C)CC2(O)CCCC2)n1. The third-order valence-electron chi connectivity index (χ3n) is 3.74. The summed E-state index contributed by atoms with van der Waals surface area (Å²) in [6.45, 7) is 3.09. The van der Waals surface area contributed by atoms with E-state index in [9.17, 15) is 5.11 Å². The molecule has 2 rings (SSSR count). The quantitative estimate of drug-likeness (QED) is 0.850. The van der Waals surface area contributed by atoms with Crippen LogP contribution < -0.4 is 10.6 Å². The highest BCUT2D eigenvalue weighted by Gasteiger charge is 2.32. The first-order chi connectivity index (χ1) is 8.54. The monoisotopic (exact) mass is 249 g/mol. The second-order valence-corrected chi connectivity index (χ2v) is 5.43. The van der Waals surface area contributed by atoms with E-state index in [4.69, 9.17) is 5.73 Å². The minimum atomic E-state index is -0.550. The fraction of sp³-hybridized carbons (Fsp3) is 0.643. The maximum atomic E-state index is 10.5. The normalized spacial score (nSPS) is 18.0. The van der Waals surface area contributed by atoms with Crippen LogP contribution in [0.4, 0.5) is 5.82 Å². The summed E-state index contributed by atoms with van der Waals surface area (Å²) in [5, 5.41) is 10.5. The van der Waals surface area contributed by atoms with Crippen molar-refractivity contribution in [3.63, 3.8) is 0 Å². The average molecular weight is 249 g/mol. The molecule has 0 saturated heterocycles. The van der Waals surface area contributed by atoms with Crippen LogP contribution in [0.2, 0.25) is 0 Å². The van der Waals surface area contributed by atoms with E-state index >= 15 is 0 Å². The molecule has 0 amide bonds. The second-order valence-electron chi connectivity index (χ2n) is 5.43. The number of nitrogens with zero attached hydrogens (tertiary/aromatic N) is 2. The van der Waals surface area contributed by atoms with Gasteiger partial charge in [0.15, 0.2) is 0 Å². The molecule has 0 atom stereocenters. The number of nitrogens with two attached hydrogens (primary N) is 1. The number of rotatable bonds is 4. The molecule has 1 aromatic rings. The molecule has 1 aliphatic rings. The molecule has 1 heterocycles. The van der Waals surface area contributed by atoms with E-state index in [1.807, 2.05) is 31.0 Å². The molecular weight excluding hydrogens is 226 g/mol. The minimum absolute atomic E-state index is 0.478. The van der Waals surface area contributed by atoms with E-state index < -0.39 is 5.60 Å². The summed E-state index contributed by atoms with van der Waals surface area (Å²) in [6.07, 6.45) is 4.02. The molecule has 1 fully saturated rings. The summed E-state index contributed by atoms with van der Waals surface area (Å²) in [7, 11) is 1.98. The predicted molar refractivity (Wildman–Crippen MR) is 73.6 cm³/mol. The topological polar surface area (TPSA) is 62.4 Å². The van der Waals surface area contributed by atoms with Crippen molar-refractivity contribution in [1.29, 1.82) is 0 Å². The lowest BCUT2D eigenvalue weighted by Crippen LogP contribution is -2.40. The van der Waals surface area contributed by atoms with Gasteiger partial charge in [0.25, 0.3) is 0 Å². The molecule has 0 aromatic carbocycles. The Kier molecular flexibility index (Phi) is 3.88. The molecule has 100 valence electrons. The predicted octanol–water partition coefficient (Wildman–Crippen LogP) is 1.59. The van der Waals surface area contributed by atoms with Gasteiger partial charge >= 0.3 is 0 Å². The van der Waals surface area contributed by atoms with E-state index in [0.717, 1.165) is 42.8 Å². The molecular formula is C14H23N3O. The van der Waals surface area contributed by atoms with Crippen LogP contribution in [0, 0.1) is 6.92 Å². The van der Waals surface area contributed by atoms with Crippen LogP contribution in [0.15, 0.2) is 12.1 Å². The van der Waals surface area contributed by atoms with Gasteiger partial charge in [-0.2, -0.15) is 0 Å². The van der Waals surface area contributed by atoms with Crippen LogP contribution in [0.3, 0.4) is 0 Å². The first-order valence-electron chi connectivity index (χ1n) is 6.64. The van der Waals surface area contributed by atoms with Crippen molar-refractivity contribution in [2.45, 2.75) is 44.8 Å². The first-order valence-corrected chi connectivity index (χ1v) is 6.64. The average Bonchev–Trinajstić information content (AvgIpc) is 2.75. The highest BCUT2D eigenvalue weighted by molar-refractivity contribution is 5.47. The van der Waals surface area contributed by atoms with E-state index in [1.54, 1.807) is 0 Å². The number of aliphatic hydroxyl groups is 1. The largest absolute Gasteiger partial charge is 0.388 e. The molecule has 3 N–H and O–H groups in total. The summed E-state index contributed by atoms with van der Waals surface area (Å²) in [6, 6.07) is 4.00. The van der Waals surface area contributed by atoms with Crippen molar-refractivity contribution in [3.05, 3.63) is 23.4 Å². The van der Waals surface area contributed by atoms with Crippen LogP contribution in [-0.4, -0.2) is 29.3 Å². The Morgan fingerprint density at radius 3 is 2.67 bits per heavy atom. The summed E-state index contributed by atoms with van der Waals surface area (Å²) < 4.78 is 0. The van der Waals surface area contributed by atoms with E-state index in [1.165, 1.54) is 0 Å². The summed E-state index contributed by atoms with van der Waals surface area (Å²) in [5.74, 6) is 0.901.